The van der Waals surface area contributed by atoms with E-state index in [9.17, 15) is 9.59 Å². The van der Waals surface area contributed by atoms with Crippen molar-refractivity contribution in [2.75, 3.05) is 25.2 Å². The van der Waals surface area contributed by atoms with Crippen LogP contribution >= 0.6 is 0 Å². The van der Waals surface area contributed by atoms with Gasteiger partial charge in [0.25, 0.3) is 5.91 Å². The molecule has 7 nitrogen and oxygen atoms in total. The van der Waals surface area contributed by atoms with Crippen LogP contribution in [0.2, 0.25) is 0 Å². The van der Waals surface area contributed by atoms with Crippen LogP contribution in [0.3, 0.4) is 0 Å². The molecule has 0 spiro atoms. The van der Waals surface area contributed by atoms with E-state index in [1.165, 1.54) is 0 Å². The van der Waals surface area contributed by atoms with Gasteiger partial charge in [0.05, 0.1) is 7.11 Å². The van der Waals surface area contributed by atoms with Crippen molar-refractivity contribution in [3.63, 3.8) is 0 Å². The SMILES string of the molecule is COc1ccc([C@@H](C(=O)NC2CCCC2)N(C(=O)c2ccc3c(c2)OCCO3)c2cccc(C)c2C)cc1. The molecule has 0 aromatic heterocycles. The lowest BCUT2D eigenvalue weighted by molar-refractivity contribution is -0.123. The molecule has 7 heteroatoms. The van der Waals surface area contributed by atoms with Gasteiger partial charge in [0.1, 0.15) is 25.0 Å². The number of aryl methyl sites for hydroxylation is 1. The van der Waals surface area contributed by atoms with E-state index in [0.29, 0.717) is 47.3 Å². The van der Waals surface area contributed by atoms with Crippen LogP contribution in [0.4, 0.5) is 5.69 Å². The zero-order chi connectivity index (χ0) is 26.6. The molecule has 1 saturated carbocycles. The molecule has 2 amide bonds. The van der Waals surface area contributed by atoms with Gasteiger partial charge in [-0.2, -0.15) is 0 Å². The highest BCUT2D eigenvalue weighted by molar-refractivity contribution is 6.11. The number of methoxy groups -OCH3 is 1. The molecule has 1 aliphatic heterocycles. The summed E-state index contributed by atoms with van der Waals surface area (Å²) in [4.78, 5) is 30.1. The number of hydrogen-bond donors (Lipinski definition) is 1. The van der Waals surface area contributed by atoms with E-state index in [1.807, 2.05) is 56.3 Å². The number of amides is 2. The Kier molecular flexibility index (Phi) is 7.54. The second-order valence-corrected chi connectivity index (χ2v) is 9.92. The molecular formula is C31H34N2O5. The van der Waals surface area contributed by atoms with Gasteiger partial charge in [-0.3, -0.25) is 14.5 Å². The second kappa shape index (κ2) is 11.2. The third-order valence-corrected chi connectivity index (χ3v) is 7.48. The Labute approximate surface area is 223 Å². The molecule has 0 radical (unpaired) electrons. The van der Waals surface area contributed by atoms with Gasteiger partial charge in [-0.15, -0.1) is 0 Å². The smallest absolute Gasteiger partial charge is 0.259 e. The number of nitrogens with zero attached hydrogens (tertiary/aromatic N) is 1. The molecule has 1 aliphatic carbocycles. The van der Waals surface area contributed by atoms with E-state index >= 15 is 0 Å². The van der Waals surface area contributed by atoms with Crippen molar-refractivity contribution < 1.29 is 23.8 Å². The summed E-state index contributed by atoms with van der Waals surface area (Å²) in [5.41, 5.74) is 3.78. The van der Waals surface area contributed by atoms with Crippen LogP contribution in [0.5, 0.6) is 17.2 Å². The minimum atomic E-state index is -0.886. The normalized spacial score (nSPS) is 15.6. The molecule has 1 N–H and O–H groups in total. The maximum absolute atomic E-state index is 14.4. The summed E-state index contributed by atoms with van der Waals surface area (Å²) in [5.74, 6) is 1.32. The highest BCUT2D eigenvalue weighted by atomic mass is 16.6. The summed E-state index contributed by atoms with van der Waals surface area (Å²) in [7, 11) is 1.60. The lowest BCUT2D eigenvalue weighted by Gasteiger charge is -2.34. The average molecular weight is 515 g/mol. The van der Waals surface area contributed by atoms with Crippen LogP contribution in [0, 0.1) is 13.8 Å². The fourth-order valence-electron chi connectivity index (χ4n) is 5.23. The lowest BCUT2D eigenvalue weighted by atomic mass is 9.98. The van der Waals surface area contributed by atoms with E-state index in [0.717, 1.165) is 36.8 Å². The van der Waals surface area contributed by atoms with E-state index in [2.05, 4.69) is 5.32 Å². The van der Waals surface area contributed by atoms with E-state index in [1.54, 1.807) is 30.2 Å². The Morgan fingerprint density at radius 2 is 1.66 bits per heavy atom. The Morgan fingerprint density at radius 3 is 2.37 bits per heavy atom. The largest absolute Gasteiger partial charge is 0.497 e. The third kappa shape index (κ3) is 5.19. The summed E-state index contributed by atoms with van der Waals surface area (Å²) in [6, 6.07) is 17.6. The summed E-state index contributed by atoms with van der Waals surface area (Å²) in [6.45, 7) is 4.88. The maximum atomic E-state index is 14.4. The maximum Gasteiger partial charge on any atom is 0.259 e. The molecule has 3 aromatic carbocycles. The molecule has 1 heterocycles. The first-order valence-corrected chi connectivity index (χ1v) is 13.2. The summed E-state index contributed by atoms with van der Waals surface area (Å²) >= 11 is 0. The number of carbonyl (C=O) groups is 2. The van der Waals surface area contributed by atoms with Gasteiger partial charge < -0.3 is 19.5 Å². The van der Waals surface area contributed by atoms with Gasteiger partial charge in [-0.25, -0.2) is 0 Å². The fourth-order valence-corrected chi connectivity index (χ4v) is 5.23. The van der Waals surface area contributed by atoms with Crippen molar-refractivity contribution in [2.45, 2.75) is 51.6 Å². The van der Waals surface area contributed by atoms with Crippen LogP contribution in [-0.2, 0) is 4.79 Å². The number of fused-ring (bicyclic) bond motifs is 1. The lowest BCUT2D eigenvalue weighted by Crippen LogP contribution is -2.46. The number of benzene rings is 3. The predicted molar refractivity (Wildman–Crippen MR) is 146 cm³/mol. The quantitative estimate of drug-likeness (QED) is 0.449. The molecule has 38 heavy (non-hydrogen) atoms. The molecule has 198 valence electrons. The van der Waals surface area contributed by atoms with Gasteiger partial charge in [0.2, 0.25) is 5.91 Å². The summed E-state index contributed by atoms with van der Waals surface area (Å²) < 4.78 is 16.8. The van der Waals surface area contributed by atoms with Crippen LogP contribution in [0.15, 0.2) is 60.7 Å². The highest BCUT2D eigenvalue weighted by Crippen LogP contribution is 2.36. The average Bonchev–Trinajstić information content (AvgIpc) is 3.46. The van der Waals surface area contributed by atoms with Gasteiger partial charge in [-0.1, -0.05) is 37.1 Å². The van der Waals surface area contributed by atoms with Crippen molar-refractivity contribution in [2.24, 2.45) is 0 Å². The van der Waals surface area contributed by atoms with E-state index in [4.69, 9.17) is 14.2 Å². The molecule has 1 atom stereocenters. The number of carbonyl (C=O) groups excluding carboxylic acids is 2. The topological polar surface area (TPSA) is 77.1 Å². The standard InChI is InChI=1S/C31H34N2O5/c1-20-7-6-10-26(21(20)2)33(31(35)23-13-16-27-28(19-23)38-18-17-37-27)29(22-11-14-25(36-3)15-12-22)30(34)32-24-8-4-5-9-24/h6-7,10-16,19,24,29H,4-5,8-9,17-18H2,1-3H3,(H,32,34)/t29-/m0/s1. The van der Waals surface area contributed by atoms with Gasteiger partial charge in [0.15, 0.2) is 11.5 Å². The zero-order valence-corrected chi connectivity index (χ0v) is 22.2. The van der Waals surface area contributed by atoms with Crippen LogP contribution in [0.1, 0.15) is 58.8 Å². The van der Waals surface area contributed by atoms with Crippen molar-refractivity contribution in [3.8, 4) is 17.2 Å². The van der Waals surface area contributed by atoms with Crippen molar-refractivity contribution in [1.82, 2.24) is 5.32 Å². The van der Waals surface area contributed by atoms with Crippen molar-refractivity contribution in [3.05, 3.63) is 82.9 Å². The van der Waals surface area contributed by atoms with Gasteiger partial charge >= 0.3 is 0 Å². The first-order chi connectivity index (χ1) is 18.5. The summed E-state index contributed by atoms with van der Waals surface area (Å²) in [5, 5.41) is 3.24. The first kappa shape index (κ1) is 25.6. The first-order valence-electron chi connectivity index (χ1n) is 13.2. The predicted octanol–water partition coefficient (Wildman–Crippen LogP) is 5.53. The molecule has 5 rings (SSSR count). The molecular weight excluding hydrogens is 480 g/mol. The Bertz CT molecular complexity index is 1310. The van der Waals surface area contributed by atoms with Crippen molar-refractivity contribution >= 4 is 17.5 Å². The molecule has 3 aromatic rings. The number of anilines is 1. The number of nitrogens with one attached hydrogen (secondary N) is 1. The molecule has 0 saturated heterocycles. The number of hydrogen-bond acceptors (Lipinski definition) is 5. The van der Waals surface area contributed by atoms with Gasteiger partial charge in [-0.05, 0) is 79.8 Å². The minimum absolute atomic E-state index is 0.105. The highest BCUT2D eigenvalue weighted by Gasteiger charge is 2.36. The fraction of sp³-hybridized carbons (Fsp3) is 0.355. The Balaban J connectivity index is 1.63. The third-order valence-electron chi connectivity index (χ3n) is 7.48. The monoisotopic (exact) mass is 514 g/mol. The Morgan fingerprint density at radius 1 is 0.947 bits per heavy atom. The zero-order valence-electron chi connectivity index (χ0n) is 22.2. The van der Waals surface area contributed by atoms with E-state index < -0.39 is 6.04 Å². The molecule has 2 aliphatic rings. The van der Waals surface area contributed by atoms with E-state index in [-0.39, 0.29) is 17.9 Å². The number of rotatable bonds is 7. The Hall–Kier alpha value is -4.00. The van der Waals surface area contributed by atoms with Crippen LogP contribution < -0.4 is 24.4 Å². The van der Waals surface area contributed by atoms with Crippen LogP contribution in [-0.4, -0.2) is 38.2 Å². The minimum Gasteiger partial charge on any atom is -0.497 e. The van der Waals surface area contributed by atoms with Gasteiger partial charge in [0, 0.05) is 17.3 Å². The van der Waals surface area contributed by atoms with Crippen molar-refractivity contribution in [1.29, 1.82) is 0 Å². The summed E-state index contributed by atoms with van der Waals surface area (Å²) in [6.07, 6.45) is 4.07. The molecule has 0 unspecified atom stereocenters. The second-order valence-electron chi connectivity index (χ2n) is 9.92. The molecule has 1 fully saturated rings. The number of ether oxygens (including phenoxy) is 3. The van der Waals surface area contributed by atoms with Crippen LogP contribution in [0.25, 0.3) is 0 Å². The molecule has 0 bridgehead atoms.